The fourth-order valence-electron chi connectivity index (χ4n) is 3.02. The number of aliphatic carboxylic acids is 1. The number of nitrogens with one attached hydrogen (secondary N) is 1. The number of nitrogens with zero attached hydrogens (tertiary/aromatic N) is 2. The van der Waals surface area contributed by atoms with Gasteiger partial charge in [0.15, 0.2) is 0 Å². The van der Waals surface area contributed by atoms with E-state index in [1.807, 2.05) is 27.9 Å². The van der Waals surface area contributed by atoms with Crippen LogP contribution in [0, 0.1) is 11.3 Å². The Kier molecular flexibility index (Phi) is 6.01. The fourth-order valence-corrected chi connectivity index (χ4v) is 3.02. The Balaban J connectivity index is 2.60. The molecule has 2 atom stereocenters. The zero-order valence-corrected chi connectivity index (χ0v) is 13.8. The van der Waals surface area contributed by atoms with Crippen LogP contribution in [0.1, 0.15) is 33.6 Å². The SMILES string of the molecule is CCC(CC)(CNC(=O)N1CC(C)C(N(C)C)C1)C(=O)O. The van der Waals surface area contributed by atoms with E-state index in [9.17, 15) is 14.7 Å². The van der Waals surface area contributed by atoms with Gasteiger partial charge in [0.05, 0.1) is 5.41 Å². The van der Waals surface area contributed by atoms with Crippen LogP contribution in [0.2, 0.25) is 0 Å². The first-order valence-electron chi connectivity index (χ1n) is 7.70. The van der Waals surface area contributed by atoms with Crippen molar-refractivity contribution in [2.75, 3.05) is 33.7 Å². The number of hydrogen-bond donors (Lipinski definition) is 2. The van der Waals surface area contributed by atoms with E-state index in [4.69, 9.17) is 0 Å². The highest BCUT2D eigenvalue weighted by atomic mass is 16.4. The number of likely N-dealkylation sites (N-methyl/N-ethyl adjacent to an activating group) is 1. The molecule has 1 saturated heterocycles. The van der Waals surface area contributed by atoms with Crippen LogP contribution >= 0.6 is 0 Å². The number of carbonyl (C=O) groups excluding carboxylic acids is 1. The lowest BCUT2D eigenvalue weighted by atomic mass is 9.82. The van der Waals surface area contributed by atoms with E-state index < -0.39 is 11.4 Å². The van der Waals surface area contributed by atoms with Gasteiger partial charge in [0.1, 0.15) is 0 Å². The van der Waals surface area contributed by atoms with Crippen LogP contribution in [0.3, 0.4) is 0 Å². The molecule has 0 radical (unpaired) electrons. The number of carboxylic acid groups (broad SMARTS) is 1. The van der Waals surface area contributed by atoms with Crippen molar-refractivity contribution in [2.45, 2.75) is 39.7 Å². The largest absolute Gasteiger partial charge is 0.481 e. The Morgan fingerprint density at radius 3 is 2.24 bits per heavy atom. The van der Waals surface area contributed by atoms with Gasteiger partial charge >= 0.3 is 12.0 Å². The lowest BCUT2D eigenvalue weighted by Crippen LogP contribution is -2.47. The van der Waals surface area contributed by atoms with Gasteiger partial charge in [0.25, 0.3) is 0 Å². The Morgan fingerprint density at radius 1 is 1.29 bits per heavy atom. The van der Waals surface area contributed by atoms with E-state index in [2.05, 4.69) is 17.1 Å². The van der Waals surface area contributed by atoms with E-state index in [-0.39, 0.29) is 12.6 Å². The molecule has 0 aromatic carbocycles. The van der Waals surface area contributed by atoms with Gasteiger partial charge in [-0.05, 0) is 32.9 Å². The molecule has 2 unspecified atom stereocenters. The highest BCUT2D eigenvalue weighted by Gasteiger charge is 2.37. The van der Waals surface area contributed by atoms with E-state index in [0.29, 0.717) is 37.9 Å². The summed E-state index contributed by atoms with van der Waals surface area (Å²) in [6, 6.07) is 0.205. The van der Waals surface area contributed by atoms with Crippen molar-refractivity contribution in [1.82, 2.24) is 15.1 Å². The second-order valence-electron chi connectivity index (χ2n) is 6.36. The first-order valence-corrected chi connectivity index (χ1v) is 7.70. The zero-order chi connectivity index (χ0) is 16.2. The number of carbonyl (C=O) groups is 2. The summed E-state index contributed by atoms with van der Waals surface area (Å²) in [4.78, 5) is 27.6. The van der Waals surface area contributed by atoms with Crippen molar-refractivity contribution in [3.8, 4) is 0 Å². The molecule has 1 fully saturated rings. The van der Waals surface area contributed by atoms with Crippen LogP contribution in [0.15, 0.2) is 0 Å². The molecular weight excluding hydrogens is 270 g/mol. The van der Waals surface area contributed by atoms with Gasteiger partial charge in [-0.3, -0.25) is 4.79 Å². The quantitative estimate of drug-likeness (QED) is 0.779. The maximum Gasteiger partial charge on any atom is 0.317 e. The average Bonchev–Trinajstić information content (AvgIpc) is 2.82. The smallest absolute Gasteiger partial charge is 0.317 e. The summed E-state index contributed by atoms with van der Waals surface area (Å²) in [7, 11) is 4.04. The maximum atomic E-state index is 12.3. The van der Waals surface area contributed by atoms with Gasteiger partial charge in [0, 0.05) is 25.7 Å². The van der Waals surface area contributed by atoms with Crippen LogP contribution in [0.25, 0.3) is 0 Å². The molecule has 6 heteroatoms. The fraction of sp³-hybridized carbons (Fsp3) is 0.867. The lowest BCUT2D eigenvalue weighted by molar-refractivity contribution is -0.149. The number of amides is 2. The van der Waals surface area contributed by atoms with Crippen LogP contribution < -0.4 is 5.32 Å². The molecule has 0 bridgehead atoms. The van der Waals surface area contributed by atoms with Crippen molar-refractivity contribution in [1.29, 1.82) is 0 Å². The highest BCUT2D eigenvalue weighted by Crippen LogP contribution is 2.26. The minimum Gasteiger partial charge on any atom is -0.481 e. The summed E-state index contributed by atoms with van der Waals surface area (Å²) in [6.07, 6.45) is 1.02. The van der Waals surface area contributed by atoms with E-state index >= 15 is 0 Å². The lowest BCUT2D eigenvalue weighted by Gasteiger charge is -2.28. The van der Waals surface area contributed by atoms with Crippen molar-refractivity contribution < 1.29 is 14.7 Å². The molecule has 1 aliphatic rings. The first-order chi connectivity index (χ1) is 9.77. The molecule has 0 saturated carbocycles. The Labute approximate surface area is 127 Å². The minimum atomic E-state index is -0.859. The molecule has 6 nitrogen and oxygen atoms in total. The van der Waals surface area contributed by atoms with Crippen LogP contribution in [-0.2, 0) is 4.79 Å². The van der Waals surface area contributed by atoms with Crippen molar-refractivity contribution >= 4 is 12.0 Å². The summed E-state index contributed by atoms with van der Waals surface area (Å²) in [5.74, 6) is -0.416. The molecule has 2 N–H and O–H groups in total. The Morgan fingerprint density at radius 2 is 1.86 bits per heavy atom. The van der Waals surface area contributed by atoms with E-state index in [1.165, 1.54) is 0 Å². The molecule has 1 heterocycles. The normalized spacial score (nSPS) is 22.7. The Bertz CT molecular complexity index is 380. The molecule has 1 aliphatic heterocycles. The Hall–Kier alpha value is -1.30. The number of rotatable bonds is 6. The van der Waals surface area contributed by atoms with E-state index in [0.717, 1.165) is 0 Å². The highest BCUT2D eigenvalue weighted by molar-refractivity contribution is 5.78. The van der Waals surface area contributed by atoms with Crippen LogP contribution in [0.5, 0.6) is 0 Å². The monoisotopic (exact) mass is 299 g/mol. The number of urea groups is 1. The van der Waals surface area contributed by atoms with Gasteiger partial charge in [0.2, 0.25) is 0 Å². The molecule has 1 rings (SSSR count). The molecular formula is C15H29N3O3. The number of carboxylic acids is 1. The third-order valence-corrected chi connectivity index (χ3v) is 4.91. The molecule has 0 aromatic heterocycles. The molecule has 0 aromatic rings. The van der Waals surface area contributed by atoms with Crippen LogP contribution in [-0.4, -0.2) is 66.7 Å². The third-order valence-electron chi connectivity index (χ3n) is 4.91. The number of likely N-dealkylation sites (tertiary alicyclic amines) is 1. The topological polar surface area (TPSA) is 72.9 Å². The van der Waals surface area contributed by atoms with Crippen molar-refractivity contribution in [3.05, 3.63) is 0 Å². The van der Waals surface area contributed by atoms with Gasteiger partial charge in [-0.1, -0.05) is 20.8 Å². The number of hydrogen-bond acceptors (Lipinski definition) is 3. The predicted octanol–water partition coefficient (Wildman–Crippen LogP) is 1.47. The van der Waals surface area contributed by atoms with Gasteiger partial charge < -0.3 is 20.2 Å². The summed E-state index contributed by atoms with van der Waals surface area (Å²) < 4.78 is 0. The zero-order valence-electron chi connectivity index (χ0n) is 13.8. The summed E-state index contributed by atoms with van der Waals surface area (Å²) >= 11 is 0. The molecule has 0 spiro atoms. The van der Waals surface area contributed by atoms with Gasteiger partial charge in [-0.15, -0.1) is 0 Å². The first kappa shape index (κ1) is 17.8. The average molecular weight is 299 g/mol. The predicted molar refractivity (Wildman–Crippen MR) is 82.3 cm³/mol. The van der Waals surface area contributed by atoms with Crippen molar-refractivity contribution in [2.24, 2.45) is 11.3 Å². The molecule has 21 heavy (non-hydrogen) atoms. The minimum absolute atomic E-state index is 0.154. The molecule has 0 aliphatic carbocycles. The van der Waals surface area contributed by atoms with Gasteiger partial charge in [-0.25, -0.2) is 4.79 Å². The molecule has 122 valence electrons. The maximum absolute atomic E-state index is 12.3. The van der Waals surface area contributed by atoms with E-state index in [1.54, 1.807) is 4.90 Å². The third kappa shape index (κ3) is 3.87. The van der Waals surface area contributed by atoms with Crippen molar-refractivity contribution in [3.63, 3.8) is 0 Å². The second kappa shape index (κ2) is 7.11. The summed E-state index contributed by atoms with van der Waals surface area (Å²) in [6.45, 7) is 7.43. The standard InChI is InChI=1S/C15H29N3O3/c1-6-15(7-2,13(19)20)10-16-14(21)18-8-11(3)12(9-18)17(4)5/h11-12H,6-10H2,1-5H3,(H,16,21)(H,19,20). The van der Waals surface area contributed by atoms with Crippen LogP contribution in [0.4, 0.5) is 4.79 Å². The molecule has 2 amide bonds. The van der Waals surface area contributed by atoms with Gasteiger partial charge in [-0.2, -0.15) is 0 Å². The summed E-state index contributed by atoms with van der Waals surface area (Å²) in [5.41, 5.74) is -0.859. The second-order valence-corrected chi connectivity index (χ2v) is 6.36. The summed E-state index contributed by atoms with van der Waals surface area (Å²) in [5, 5.41) is 12.2.